The lowest BCUT2D eigenvalue weighted by Crippen LogP contribution is -2.24. The lowest BCUT2D eigenvalue weighted by Gasteiger charge is -2.13. The first-order chi connectivity index (χ1) is 19.3. The van der Waals surface area contributed by atoms with Gasteiger partial charge >= 0.3 is 0 Å². The smallest absolute Gasteiger partial charge is 0.253 e. The van der Waals surface area contributed by atoms with Crippen LogP contribution >= 0.6 is 11.3 Å². The molecule has 204 valence electrons. The van der Waals surface area contributed by atoms with Crippen LogP contribution in [-0.4, -0.2) is 18.3 Å². The number of hydrogen-bond donors (Lipinski definition) is 3. The molecular weight excluding hydrogens is 528 g/mol. The number of carbonyl (C=O) groups excluding carboxylic acids is 1. The molecular formula is C31H29F2N5OS. The Labute approximate surface area is 236 Å². The van der Waals surface area contributed by atoms with E-state index in [1.165, 1.54) is 17.0 Å². The highest BCUT2D eigenvalue weighted by Gasteiger charge is 2.14. The average molecular weight is 558 g/mol. The number of thiophene rings is 1. The molecule has 0 radical (unpaired) electrons. The van der Waals surface area contributed by atoms with E-state index in [9.17, 15) is 18.8 Å². The van der Waals surface area contributed by atoms with E-state index in [1.807, 2.05) is 26.0 Å². The Bertz CT molecular complexity index is 1610. The first-order valence-electron chi connectivity index (χ1n) is 12.7. The van der Waals surface area contributed by atoms with Crippen molar-refractivity contribution in [2.75, 3.05) is 11.9 Å². The summed E-state index contributed by atoms with van der Waals surface area (Å²) in [5.74, 6) is -1.81. The van der Waals surface area contributed by atoms with Crippen molar-refractivity contribution in [2.45, 2.75) is 33.4 Å². The zero-order valence-corrected chi connectivity index (χ0v) is 23.0. The van der Waals surface area contributed by atoms with Gasteiger partial charge in [0.15, 0.2) is 11.6 Å². The van der Waals surface area contributed by atoms with Gasteiger partial charge in [-0.1, -0.05) is 18.2 Å². The fraction of sp³-hybridized carbons (Fsp3) is 0.194. The van der Waals surface area contributed by atoms with Crippen molar-refractivity contribution in [2.24, 2.45) is 10.7 Å². The summed E-state index contributed by atoms with van der Waals surface area (Å²) >= 11 is 1.66. The Morgan fingerprint density at radius 2 is 1.73 bits per heavy atom. The normalized spacial score (nSPS) is 11.2. The summed E-state index contributed by atoms with van der Waals surface area (Å²) in [5.41, 5.74) is 10.9. The third-order valence-electron chi connectivity index (χ3n) is 6.29. The molecule has 0 aliphatic heterocycles. The molecule has 40 heavy (non-hydrogen) atoms. The molecule has 0 saturated carbocycles. The van der Waals surface area contributed by atoms with Crippen LogP contribution < -0.4 is 16.4 Å². The van der Waals surface area contributed by atoms with Gasteiger partial charge in [-0.05, 0) is 79.1 Å². The van der Waals surface area contributed by atoms with Crippen LogP contribution in [0.5, 0.6) is 0 Å². The third kappa shape index (κ3) is 7.10. The Morgan fingerprint density at radius 1 is 0.950 bits per heavy atom. The van der Waals surface area contributed by atoms with E-state index in [0.717, 1.165) is 40.1 Å². The molecule has 0 aliphatic carbocycles. The molecule has 3 aromatic carbocycles. The molecule has 4 aromatic rings. The van der Waals surface area contributed by atoms with E-state index in [1.54, 1.807) is 23.5 Å². The second kappa shape index (κ2) is 13.0. The fourth-order valence-electron chi connectivity index (χ4n) is 4.19. The number of aliphatic imine (C=N–C) groups is 1. The lowest BCUT2D eigenvalue weighted by molar-refractivity contribution is 0.0951. The monoisotopic (exact) mass is 557 g/mol. The Hall–Kier alpha value is -4.55. The van der Waals surface area contributed by atoms with Crippen LogP contribution in [0.25, 0.3) is 0 Å². The molecule has 0 saturated heterocycles. The first kappa shape index (κ1) is 28.5. The van der Waals surface area contributed by atoms with Gasteiger partial charge in [-0.25, -0.2) is 8.78 Å². The van der Waals surface area contributed by atoms with Crippen LogP contribution in [0, 0.1) is 29.9 Å². The molecule has 1 amide bonds. The summed E-state index contributed by atoms with van der Waals surface area (Å²) in [5, 5.41) is 15.3. The molecule has 0 aliphatic rings. The zero-order valence-electron chi connectivity index (χ0n) is 22.2. The highest BCUT2D eigenvalue weighted by atomic mass is 32.1. The first-order valence-corrected chi connectivity index (χ1v) is 13.6. The van der Waals surface area contributed by atoms with Gasteiger partial charge in [0.05, 0.1) is 17.2 Å². The van der Waals surface area contributed by atoms with Crippen molar-refractivity contribution in [3.05, 3.63) is 121 Å². The summed E-state index contributed by atoms with van der Waals surface area (Å²) in [6.07, 6.45) is 0.756. The minimum absolute atomic E-state index is 0.0111. The maximum Gasteiger partial charge on any atom is 0.253 e. The van der Waals surface area contributed by atoms with E-state index < -0.39 is 17.5 Å². The number of nitrogens with one attached hydrogen (secondary N) is 2. The second-order valence-electron chi connectivity index (χ2n) is 9.21. The summed E-state index contributed by atoms with van der Waals surface area (Å²) in [7, 11) is 0. The quantitative estimate of drug-likeness (QED) is 0.163. The summed E-state index contributed by atoms with van der Waals surface area (Å²) in [6, 6.07) is 20.7. The number of carbonyl (C=O) groups is 1. The molecule has 1 aromatic heterocycles. The molecule has 6 nitrogen and oxygen atoms in total. The van der Waals surface area contributed by atoms with E-state index in [2.05, 4.69) is 39.9 Å². The van der Waals surface area contributed by atoms with Crippen molar-refractivity contribution < 1.29 is 13.6 Å². The van der Waals surface area contributed by atoms with E-state index >= 15 is 0 Å². The standard InChI is InChI=1S/C31H29F2N5OS/c1-3-36-30(35)25-13-20(5-4-19(25)2)12-23-8-9-24(40-23)18-37-29-11-7-21(16-34)14-26(29)31(39)38-17-22-6-10-27(32)28(33)15-22/h4-11,13-15,37H,3,12,17-18H2,1-2H3,(H2,35,36)(H,38,39). The van der Waals surface area contributed by atoms with Crippen molar-refractivity contribution >= 4 is 28.8 Å². The summed E-state index contributed by atoms with van der Waals surface area (Å²) in [6.45, 7) is 5.10. The molecule has 0 atom stereocenters. The highest BCUT2D eigenvalue weighted by Crippen LogP contribution is 2.24. The van der Waals surface area contributed by atoms with Gasteiger partial charge in [0.2, 0.25) is 0 Å². The van der Waals surface area contributed by atoms with Crippen LogP contribution in [0.3, 0.4) is 0 Å². The van der Waals surface area contributed by atoms with Gasteiger partial charge in [0, 0.05) is 47.1 Å². The van der Waals surface area contributed by atoms with Crippen molar-refractivity contribution in [3.63, 3.8) is 0 Å². The molecule has 4 rings (SSSR count). The summed E-state index contributed by atoms with van der Waals surface area (Å²) in [4.78, 5) is 19.6. The van der Waals surface area contributed by atoms with Crippen LogP contribution in [0.2, 0.25) is 0 Å². The van der Waals surface area contributed by atoms with Gasteiger partial charge in [-0.2, -0.15) is 5.26 Å². The van der Waals surface area contributed by atoms with Gasteiger partial charge in [-0.3, -0.25) is 9.79 Å². The fourth-order valence-corrected chi connectivity index (χ4v) is 5.18. The molecule has 0 spiro atoms. The van der Waals surface area contributed by atoms with Crippen molar-refractivity contribution in [3.8, 4) is 6.07 Å². The second-order valence-corrected chi connectivity index (χ2v) is 10.5. The van der Waals surface area contributed by atoms with Crippen LogP contribution in [0.4, 0.5) is 14.5 Å². The maximum atomic E-state index is 13.5. The van der Waals surface area contributed by atoms with E-state index in [4.69, 9.17) is 5.73 Å². The predicted octanol–water partition coefficient (Wildman–Crippen LogP) is 6.06. The van der Waals surface area contributed by atoms with Crippen LogP contribution in [0.1, 0.15) is 54.9 Å². The number of aryl methyl sites for hydroxylation is 1. The number of nitrogens with zero attached hydrogens (tertiary/aromatic N) is 2. The van der Waals surface area contributed by atoms with Crippen LogP contribution in [0.15, 0.2) is 71.7 Å². The number of benzene rings is 3. The molecule has 0 unspecified atom stereocenters. The van der Waals surface area contributed by atoms with Crippen LogP contribution in [-0.2, 0) is 19.5 Å². The van der Waals surface area contributed by atoms with Crippen molar-refractivity contribution in [1.29, 1.82) is 5.26 Å². The summed E-state index contributed by atoms with van der Waals surface area (Å²) < 4.78 is 26.7. The molecule has 4 N–H and O–H groups in total. The number of rotatable bonds is 10. The Balaban J connectivity index is 1.43. The number of nitrogens with two attached hydrogens (primary N) is 1. The maximum absolute atomic E-state index is 13.5. The van der Waals surface area contributed by atoms with E-state index in [0.29, 0.717) is 35.7 Å². The Kier molecular flexibility index (Phi) is 9.25. The number of amides is 1. The van der Waals surface area contributed by atoms with Crippen molar-refractivity contribution in [1.82, 2.24) is 5.32 Å². The number of nitriles is 1. The minimum atomic E-state index is -0.979. The van der Waals surface area contributed by atoms with Gasteiger partial charge in [0.25, 0.3) is 5.91 Å². The predicted molar refractivity (Wildman–Crippen MR) is 156 cm³/mol. The van der Waals surface area contributed by atoms with Gasteiger partial charge in [0.1, 0.15) is 5.84 Å². The number of amidine groups is 1. The minimum Gasteiger partial charge on any atom is -0.383 e. The SMILES string of the molecule is CCN=C(N)c1cc(Cc2ccc(CNc3ccc(C#N)cc3C(=O)NCc3ccc(F)c(F)c3)s2)ccc1C. The molecule has 1 heterocycles. The van der Waals surface area contributed by atoms with E-state index in [-0.39, 0.29) is 12.1 Å². The molecule has 0 fully saturated rings. The number of halogens is 2. The molecule has 9 heteroatoms. The molecule has 0 bridgehead atoms. The number of anilines is 1. The van der Waals surface area contributed by atoms with Gasteiger partial charge in [-0.15, -0.1) is 11.3 Å². The average Bonchev–Trinajstić information content (AvgIpc) is 3.40. The zero-order chi connectivity index (χ0) is 28.6. The lowest BCUT2D eigenvalue weighted by atomic mass is 10.0. The topological polar surface area (TPSA) is 103 Å². The Morgan fingerprint density at radius 3 is 2.48 bits per heavy atom. The highest BCUT2D eigenvalue weighted by molar-refractivity contribution is 7.12. The van der Waals surface area contributed by atoms with Gasteiger partial charge < -0.3 is 16.4 Å². The number of hydrogen-bond acceptors (Lipinski definition) is 5. The third-order valence-corrected chi connectivity index (χ3v) is 7.37. The largest absolute Gasteiger partial charge is 0.383 e.